The maximum Gasteiger partial charge on any atom is 0.308 e. The van der Waals surface area contributed by atoms with Crippen molar-refractivity contribution in [1.82, 2.24) is 0 Å². The molecule has 2 rings (SSSR count). The first-order chi connectivity index (χ1) is 11.2. The molecule has 0 aromatic heterocycles. The third-order valence-electron chi connectivity index (χ3n) is 3.79. The minimum atomic E-state index is -2.88. The summed E-state index contributed by atoms with van der Waals surface area (Å²) in [7, 11) is -2.88. The van der Waals surface area contributed by atoms with Gasteiger partial charge in [-0.05, 0) is 57.4 Å². The molecule has 1 aromatic rings. The highest BCUT2D eigenvalue weighted by Crippen LogP contribution is 2.26. The molecule has 0 N–H and O–H groups in total. The van der Waals surface area contributed by atoms with Crippen LogP contribution >= 0.6 is 0 Å². The Morgan fingerprint density at radius 3 is 2.33 bits per heavy atom. The number of carbonyl (C=O) groups excluding carboxylic acids is 1. The van der Waals surface area contributed by atoms with Crippen LogP contribution in [0.3, 0.4) is 0 Å². The summed E-state index contributed by atoms with van der Waals surface area (Å²) < 4.78 is 33.8. The number of rotatable bonds is 7. The van der Waals surface area contributed by atoms with E-state index in [9.17, 15) is 13.2 Å². The lowest BCUT2D eigenvalue weighted by Crippen LogP contribution is -2.28. The van der Waals surface area contributed by atoms with Crippen LogP contribution in [0.15, 0.2) is 35.9 Å². The number of sulfone groups is 1. The maximum absolute atomic E-state index is 11.4. The average molecular weight is 352 g/mol. The van der Waals surface area contributed by atoms with Crippen LogP contribution in [0.25, 0.3) is 0 Å². The number of ether oxygens (including phenoxy) is 2. The number of benzene rings is 1. The summed E-state index contributed by atoms with van der Waals surface area (Å²) in [6.45, 7) is 5.37. The maximum atomic E-state index is 11.4. The number of carbonyl (C=O) groups is 1. The molecule has 0 bridgehead atoms. The average Bonchev–Trinajstić information content (AvgIpc) is 2.79. The summed E-state index contributed by atoms with van der Waals surface area (Å²) >= 11 is 0. The van der Waals surface area contributed by atoms with E-state index in [-0.39, 0.29) is 23.1 Å². The molecular formula is C18H24O5S. The van der Waals surface area contributed by atoms with E-state index in [0.717, 1.165) is 24.8 Å². The van der Waals surface area contributed by atoms with Gasteiger partial charge in [-0.3, -0.25) is 4.79 Å². The number of hydrogen-bond acceptors (Lipinski definition) is 5. The van der Waals surface area contributed by atoms with E-state index in [0.29, 0.717) is 11.5 Å². The van der Waals surface area contributed by atoms with E-state index in [1.807, 2.05) is 19.9 Å². The van der Waals surface area contributed by atoms with Crippen LogP contribution in [0.1, 0.15) is 40.0 Å². The van der Waals surface area contributed by atoms with E-state index >= 15 is 0 Å². The van der Waals surface area contributed by atoms with Gasteiger partial charge in [-0.1, -0.05) is 11.6 Å². The Bertz CT molecular complexity index is 714. The van der Waals surface area contributed by atoms with Crippen molar-refractivity contribution >= 4 is 15.8 Å². The summed E-state index contributed by atoms with van der Waals surface area (Å²) in [5, 5.41) is 0. The van der Waals surface area contributed by atoms with Gasteiger partial charge in [0, 0.05) is 6.92 Å². The van der Waals surface area contributed by atoms with Crippen LogP contribution in [0.2, 0.25) is 0 Å². The lowest BCUT2D eigenvalue weighted by atomic mass is 9.99. The highest BCUT2D eigenvalue weighted by atomic mass is 32.2. The van der Waals surface area contributed by atoms with Crippen LogP contribution in [0.5, 0.6) is 11.5 Å². The fraction of sp³-hybridized carbons (Fsp3) is 0.500. The molecule has 1 aliphatic heterocycles. The molecule has 0 aliphatic carbocycles. The van der Waals surface area contributed by atoms with Crippen molar-refractivity contribution in [2.75, 3.05) is 11.5 Å². The molecule has 0 saturated heterocycles. The summed E-state index contributed by atoms with van der Waals surface area (Å²) in [4.78, 5) is 10.9. The molecule has 1 heterocycles. The Kier molecular flexibility index (Phi) is 5.70. The smallest absolute Gasteiger partial charge is 0.308 e. The lowest BCUT2D eigenvalue weighted by molar-refractivity contribution is -0.131. The zero-order chi connectivity index (χ0) is 17.8. The van der Waals surface area contributed by atoms with Crippen molar-refractivity contribution in [3.05, 3.63) is 35.9 Å². The van der Waals surface area contributed by atoms with Gasteiger partial charge in [0.1, 0.15) is 17.1 Å². The van der Waals surface area contributed by atoms with Gasteiger partial charge in [0.2, 0.25) is 0 Å². The molecule has 0 spiro atoms. The molecule has 5 nitrogen and oxygen atoms in total. The van der Waals surface area contributed by atoms with Crippen LogP contribution < -0.4 is 9.47 Å². The summed E-state index contributed by atoms with van der Waals surface area (Å²) in [6.07, 6.45) is 4.31. The fourth-order valence-corrected chi connectivity index (χ4v) is 4.11. The van der Waals surface area contributed by atoms with Crippen molar-refractivity contribution in [3.63, 3.8) is 0 Å². The summed E-state index contributed by atoms with van der Waals surface area (Å²) in [5.41, 5.74) is 0.651. The first kappa shape index (κ1) is 18.5. The van der Waals surface area contributed by atoms with Gasteiger partial charge in [0.15, 0.2) is 9.84 Å². The first-order valence-electron chi connectivity index (χ1n) is 8.01. The SMILES string of the molecule is CC(=O)Oc1ccc(OC(C)(C)CCCC2=CCS(=O)(=O)C2)cc1. The van der Waals surface area contributed by atoms with Crippen molar-refractivity contribution in [2.45, 2.75) is 45.6 Å². The quantitative estimate of drug-likeness (QED) is 0.428. The second-order valence-corrected chi connectivity index (χ2v) is 8.81. The van der Waals surface area contributed by atoms with Crippen LogP contribution in [0.4, 0.5) is 0 Å². The summed E-state index contributed by atoms with van der Waals surface area (Å²) in [6, 6.07) is 6.93. The molecule has 0 unspecified atom stereocenters. The molecule has 1 aliphatic rings. The predicted octanol–water partition coefficient (Wildman–Crippen LogP) is 3.29. The Hall–Kier alpha value is -1.82. The standard InChI is InChI=1S/C18H24O5S/c1-14(19)22-16-6-8-17(9-7-16)23-18(2,3)11-4-5-15-10-12-24(20,21)13-15/h6-10H,4-5,11-13H2,1-3H3. The molecule has 0 radical (unpaired) electrons. The zero-order valence-electron chi connectivity index (χ0n) is 14.4. The lowest BCUT2D eigenvalue weighted by Gasteiger charge is -2.26. The monoisotopic (exact) mass is 352 g/mol. The van der Waals surface area contributed by atoms with Crippen LogP contribution in [-0.2, 0) is 14.6 Å². The molecule has 0 atom stereocenters. The van der Waals surface area contributed by atoms with Gasteiger partial charge in [-0.2, -0.15) is 0 Å². The predicted molar refractivity (Wildman–Crippen MR) is 93.0 cm³/mol. The highest BCUT2D eigenvalue weighted by molar-refractivity contribution is 7.92. The third-order valence-corrected chi connectivity index (χ3v) is 5.27. The molecular weight excluding hydrogens is 328 g/mol. The van der Waals surface area contributed by atoms with Crippen LogP contribution in [-0.4, -0.2) is 31.5 Å². The Balaban J connectivity index is 1.81. The fourth-order valence-electron chi connectivity index (χ4n) is 2.67. The topological polar surface area (TPSA) is 69.7 Å². The third kappa shape index (κ3) is 6.00. The zero-order valence-corrected chi connectivity index (χ0v) is 15.2. The van der Waals surface area contributed by atoms with Gasteiger partial charge in [-0.25, -0.2) is 8.42 Å². The first-order valence-corrected chi connectivity index (χ1v) is 9.83. The molecule has 1 aromatic carbocycles. The largest absolute Gasteiger partial charge is 0.488 e. The van der Waals surface area contributed by atoms with E-state index in [1.54, 1.807) is 24.3 Å². The van der Waals surface area contributed by atoms with Crippen LogP contribution in [0, 0.1) is 0 Å². The van der Waals surface area contributed by atoms with Gasteiger partial charge in [-0.15, -0.1) is 0 Å². The Morgan fingerprint density at radius 1 is 1.17 bits per heavy atom. The van der Waals surface area contributed by atoms with Crippen molar-refractivity contribution in [2.24, 2.45) is 0 Å². The van der Waals surface area contributed by atoms with Gasteiger partial charge < -0.3 is 9.47 Å². The van der Waals surface area contributed by atoms with Gasteiger partial charge in [0.05, 0.1) is 11.5 Å². The molecule has 6 heteroatoms. The molecule has 24 heavy (non-hydrogen) atoms. The number of esters is 1. The molecule has 0 amide bonds. The Morgan fingerprint density at radius 2 is 1.79 bits per heavy atom. The van der Waals surface area contributed by atoms with E-state index in [4.69, 9.17) is 9.47 Å². The minimum Gasteiger partial charge on any atom is -0.488 e. The van der Waals surface area contributed by atoms with Gasteiger partial charge in [0.25, 0.3) is 0 Å². The van der Waals surface area contributed by atoms with E-state index < -0.39 is 9.84 Å². The molecule has 132 valence electrons. The second kappa shape index (κ2) is 7.38. The van der Waals surface area contributed by atoms with E-state index in [1.165, 1.54) is 6.92 Å². The van der Waals surface area contributed by atoms with Crippen molar-refractivity contribution < 1.29 is 22.7 Å². The number of hydrogen-bond donors (Lipinski definition) is 0. The normalized spacial score (nSPS) is 16.5. The van der Waals surface area contributed by atoms with Gasteiger partial charge >= 0.3 is 5.97 Å². The van der Waals surface area contributed by atoms with Crippen molar-refractivity contribution in [3.8, 4) is 11.5 Å². The highest BCUT2D eigenvalue weighted by Gasteiger charge is 2.22. The van der Waals surface area contributed by atoms with E-state index in [2.05, 4.69) is 0 Å². The Labute approximate surface area is 143 Å². The molecule has 0 fully saturated rings. The summed E-state index contributed by atoms with van der Waals surface area (Å²) in [5.74, 6) is 1.22. The second-order valence-electron chi connectivity index (χ2n) is 6.70. The van der Waals surface area contributed by atoms with Crippen molar-refractivity contribution in [1.29, 1.82) is 0 Å². The minimum absolute atomic E-state index is 0.177. The molecule has 0 saturated carbocycles.